The minimum absolute atomic E-state index is 0.276. The number of phenols is 1. The summed E-state index contributed by atoms with van der Waals surface area (Å²) in [5.41, 5.74) is 2.98. The standard InChI is InChI=1S/C18H19N3O/c22-13-5-6-17-15(11-13)18(20-12-7-9-19-10-8-12)14-3-1-2-4-16(14)21-17/h1-6,11-12,19,22H,7-10H2,(H,20,21). The van der Waals surface area contributed by atoms with Gasteiger partial charge in [-0.15, -0.1) is 0 Å². The van der Waals surface area contributed by atoms with Crippen molar-refractivity contribution in [3.63, 3.8) is 0 Å². The first-order valence-electron chi connectivity index (χ1n) is 7.80. The number of aromatic nitrogens is 1. The highest BCUT2D eigenvalue weighted by Crippen LogP contribution is 2.33. The Labute approximate surface area is 129 Å². The van der Waals surface area contributed by atoms with Crippen molar-refractivity contribution in [1.82, 2.24) is 10.3 Å². The van der Waals surface area contributed by atoms with Crippen LogP contribution in [0.4, 0.5) is 5.69 Å². The van der Waals surface area contributed by atoms with Gasteiger partial charge in [-0.3, -0.25) is 0 Å². The third kappa shape index (κ3) is 2.35. The van der Waals surface area contributed by atoms with Crippen molar-refractivity contribution in [3.8, 4) is 5.75 Å². The molecule has 1 aliphatic rings. The number of piperidine rings is 1. The number of benzene rings is 2. The molecule has 0 saturated carbocycles. The number of hydrogen-bond donors (Lipinski definition) is 3. The summed E-state index contributed by atoms with van der Waals surface area (Å²) in [6, 6.07) is 14.0. The minimum atomic E-state index is 0.276. The number of para-hydroxylation sites is 1. The van der Waals surface area contributed by atoms with Gasteiger partial charge in [0.25, 0.3) is 0 Å². The molecule has 0 spiro atoms. The average molecular weight is 293 g/mol. The zero-order valence-electron chi connectivity index (χ0n) is 12.3. The van der Waals surface area contributed by atoms with E-state index in [0.717, 1.165) is 53.4 Å². The van der Waals surface area contributed by atoms with Crippen molar-refractivity contribution in [2.45, 2.75) is 18.9 Å². The molecule has 4 rings (SSSR count). The van der Waals surface area contributed by atoms with Gasteiger partial charge in [0.15, 0.2) is 0 Å². The van der Waals surface area contributed by atoms with Crippen LogP contribution in [0.15, 0.2) is 42.5 Å². The highest BCUT2D eigenvalue weighted by atomic mass is 16.3. The van der Waals surface area contributed by atoms with Crippen LogP contribution in [-0.4, -0.2) is 29.2 Å². The highest BCUT2D eigenvalue weighted by Gasteiger charge is 2.16. The molecule has 1 aliphatic heterocycles. The molecule has 1 aromatic heterocycles. The second-order valence-corrected chi connectivity index (χ2v) is 5.87. The fourth-order valence-corrected chi connectivity index (χ4v) is 3.21. The maximum Gasteiger partial charge on any atom is 0.116 e. The first-order valence-corrected chi connectivity index (χ1v) is 7.80. The van der Waals surface area contributed by atoms with Crippen LogP contribution in [0, 0.1) is 0 Å². The van der Waals surface area contributed by atoms with Gasteiger partial charge in [-0.1, -0.05) is 18.2 Å². The molecular formula is C18H19N3O. The van der Waals surface area contributed by atoms with Crippen molar-refractivity contribution in [3.05, 3.63) is 42.5 Å². The monoisotopic (exact) mass is 293 g/mol. The molecule has 4 nitrogen and oxygen atoms in total. The van der Waals surface area contributed by atoms with Crippen LogP contribution in [-0.2, 0) is 0 Å². The summed E-state index contributed by atoms with van der Waals surface area (Å²) in [5, 5.41) is 19.1. The van der Waals surface area contributed by atoms with E-state index in [1.165, 1.54) is 0 Å². The zero-order valence-corrected chi connectivity index (χ0v) is 12.3. The maximum absolute atomic E-state index is 9.87. The molecule has 0 radical (unpaired) electrons. The molecule has 0 atom stereocenters. The van der Waals surface area contributed by atoms with Crippen LogP contribution in [0.3, 0.4) is 0 Å². The number of nitrogens with one attached hydrogen (secondary N) is 2. The van der Waals surface area contributed by atoms with Crippen molar-refractivity contribution in [1.29, 1.82) is 0 Å². The van der Waals surface area contributed by atoms with Crippen LogP contribution < -0.4 is 10.6 Å². The van der Waals surface area contributed by atoms with Gasteiger partial charge in [0, 0.05) is 16.8 Å². The largest absolute Gasteiger partial charge is 0.508 e. The van der Waals surface area contributed by atoms with Gasteiger partial charge in [-0.25, -0.2) is 4.98 Å². The van der Waals surface area contributed by atoms with Crippen LogP contribution >= 0.6 is 0 Å². The van der Waals surface area contributed by atoms with Crippen LogP contribution in [0.25, 0.3) is 21.8 Å². The van der Waals surface area contributed by atoms with Gasteiger partial charge in [-0.2, -0.15) is 0 Å². The van der Waals surface area contributed by atoms with Gasteiger partial charge < -0.3 is 15.7 Å². The topological polar surface area (TPSA) is 57.2 Å². The minimum Gasteiger partial charge on any atom is -0.508 e. The van der Waals surface area contributed by atoms with Gasteiger partial charge >= 0.3 is 0 Å². The number of hydrogen-bond acceptors (Lipinski definition) is 4. The van der Waals surface area contributed by atoms with E-state index in [1.807, 2.05) is 24.3 Å². The SMILES string of the molecule is Oc1ccc2nc3ccccc3c(NC3CCNCC3)c2c1. The maximum atomic E-state index is 9.87. The number of aromatic hydroxyl groups is 1. The summed E-state index contributed by atoms with van der Waals surface area (Å²) in [6.45, 7) is 2.09. The predicted molar refractivity (Wildman–Crippen MR) is 90.4 cm³/mol. The van der Waals surface area contributed by atoms with Crippen LogP contribution in [0.2, 0.25) is 0 Å². The number of anilines is 1. The molecule has 1 saturated heterocycles. The molecular weight excluding hydrogens is 274 g/mol. The van der Waals surface area contributed by atoms with Gasteiger partial charge in [0.05, 0.1) is 16.7 Å². The smallest absolute Gasteiger partial charge is 0.116 e. The second-order valence-electron chi connectivity index (χ2n) is 5.87. The molecule has 22 heavy (non-hydrogen) atoms. The predicted octanol–water partition coefficient (Wildman–Crippen LogP) is 3.26. The molecule has 112 valence electrons. The molecule has 0 unspecified atom stereocenters. The van der Waals surface area contributed by atoms with E-state index in [2.05, 4.69) is 16.7 Å². The Hall–Kier alpha value is -2.33. The van der Waals surface area contributed by atoms with Crippen molar-refractivity contribution in [2.75, 3.05) is 18.4 Å². The molecule has 2 aromatic carbocycles. The van der Waals surface area contributed by atoms with Crippen molar-refractivity contribution >= 4 is 27.5 Å². The number of nitrogens with zero attached hydrogens (tertiary/aromatic N) is 1. The third-order valence-electron chi connectivity index (χ3n) is 4.35. The van der Waals surface area contributed by atoms with Gasteiger partial charge in [0.1, 0.15) is 5.75 Å². The summed E-state index contributed by atoms with van der Waals surface area (Å²) in [7, 11) is 0. The Bertz CT molecular complexity index is 825. The molecule has 1 fully saturated rings. The molecule has 0 bridgehead atoms. The molecule has 0 amide bonds. The first kappa shape index (κ1) is 13.3. The molecule has 3 aromatic rings. The van der Waals surface area contributed by atoms with E-state index in [0.29, 0.717) is 6.04 Å². The average Bonchev–Trinajstić information content (AvgIpc) is 2.56. The van der Waals surface area contributed by atoms with Crippen molar-refractivity contribution < 1.29 is 5.11 Å². The highest BCUT2D eigenvalue weighted by molar-refractivity contribution is 6.07. The zero-order chi connectivity index (χ0) is 14.9. The van der Waals surface area contributed by atoms with E-state index in [9.17, 15) is 5.11 Å². The normalized spacial score (nSPS) is 16.2. The lowest BCUT2D eigenvalue weighted by Gasteiger charge is -2.26. The number of phenolic OH excluding ortho intramolecular Hbond substituents is 1. The number of fused-ring (bicyclic) bond motifs is 2. The summed E-state index contributed by atoms with van der Waals surface area (Å²) >= 11 is 0. The fraction of sp³-hybridized carbons (Fsp3) is 0.278. The Morgan fingerprint density at radius 2 is 1.77 bits per heavy atom. The quantitative estimate of drug-likeness (QED) is 0.635. The van der Waals surface area contributed by atoms with Gasteiger partial charge in [-0.05, 0) is 50.2 Å². The van der Waals surface area contributed by atoms with Crippen LogP contribution in [0.5, 0.6) is 5.75 Å². The number of pyridine rings is 1. The number of rotatable bonds is 2. The van der Waals surface area contributed by atoms with E-state index in [1.54, 1.807) is 12.1 Å². The summed E-state index contributed by atoms with van der Waals surface area (Å²) in [4.78, 5) is 4.71. The van der Waals surface area contributed by atoms with E-state index in [-0.39, 0.29) is 5.75 Å². The van der Waals surface area contributed by atoms with Gasteiger partial charge in [0.2, 0.25) is 0 Å². The Balaban J connectivity index is 1.91. The molecule has 0 aliphatic carbocycles. The fourth-order valence-electron chi connectivity index (χ4n) is 3.21. The lowest BCUT2D eigenvalue weighted by molar-refractivity contribution is 0.475. The summed E-state index contributed by atoms with van der Waals surface area (Å²) in [5.74, 6) is 0.276. The van der Waals surface area contributed by atoms with E-state index < -0.39 is 0 Å². The first-order chi connectivity index (χ1) is 10.8. The Kier molecular flexibility index (Phi) is 3.31. The molecule has 3 N–H and O–H groups in total. The lowest BCUT2D eigenvalue weighted by atomic mass is 10.0. The lowest BCUT2D eigenvalue weighted by Crippen LogP contribution is -2.35. The van der Waals surface area contributed by atoms with Crippen molar-refractivity contribution in [2.24, 2.45) is 0 Å². The summed E-state index contributed by atoms with van der Waals surface area (Å²) in [6.07, 6.45) is 2.22. The summed E-state index contributed by atoms with van der Waals surface area (Å²) < 4.78 is 0. The van der Waals surface area contributed by atoms with Crippen LogP contribution in [0.1, 0.15) is 12.8 Å². The molecule has 4 heteroatoms. The third-order valence-corrected chi connectivity index (χ3v) is 4.35. The van der Waals surface area contributed by atoms with E-state index in [4.69, 9.17) is 4.98 Å². The second kappa shape index (κ2) is 5.46. The van der Waals surface area contributed by atoms with E-state index >= 15 is 0 Å². The molecule has 2 heterocycles. The Morgan fingerprint density at radius 3 is 2.64 bits per heavy atom. The Morgan fingerprint density at radius 1 is 1.00 bits per heavy atom.